The van der Waals surface area contributed by atoms with Crippen LogP contribution in [-0.2, 0) is 19.4 Å². The normalized spacial score (nSPS) is 11.3. The number of anilines is 1. The molecule has 0 aliphatic carbocycles. The Bertz CT molecular complexity index is 743. The van der Waals surface area contributed by atoms with E-state index in [1.807, 2.05) is 23.7 Å². The van der Waals surface area contributed by atoms with E-state index in [1.165, 1.54) is 0 Å². The van der Waals surface area contributed by atoms with Gasteiger partial charge in [0.1, 0.15) is 17.9 Å². The van der Waals surface area contributed by atoms with Crippen molar-refractivity contribution in [2.45, 2.75) is 33.2 Å². The second-order valence-corrected chi connectivity index (χ2v) is 4.64. The summed E-state index contributed by atoms with van der Waals surface area (Å²) in [6, 6.07) is 5.46. The first-order valence-corrected chi connectivity index (χ1v) is 6.77. The minimum Gasteiger partial charge on any atom is -0.439 e. The third-order valence-corrected chi connectivity index (χ3v) is 3.17. The van der Waals surface area contributed by atoms with Gasteiger partial charge in [0.15, 0.2) is 11.4 Å². The smallest absolute Gasteiger partial charge is 0.217 e. The lowest BCUT2D eigenvalue weighted by molar-refractivity contribution is 0.482. The largest absolute Gasteiger partial charge is 0.439 e. The van der Waals surface area contributed by atoms with Gasteiger partial charge in [-0.3, -0.25) is 0 Å². The van der Waals surface area contributed by atoms with E-state index in [4.69, 9.17) is 10.2 Å². The molecule has 104 valence electrons. The Morgan fingerprint density at radius 2 is 2.05 bits per heavy atom. The highest BCUT2D eigenvalue weighted by Gasteiger charge is 2.11. The lowest BCUT2D eigenvalue weighted by Crippen LogP contribution is -2.06. The summed E-state index contributed by atoms with van der Waals surface area (Å²) in [5.74, 6) is 2.42. The molecule has 0 spiro atoms. The van der Waals surface area contributed by atoms with E-state index in [2.05, 4.69) is 22.0 Å². The standard InChI is InChI=1S/C14H17N5O/c1-3-12-17-13(4-2)19(18-12)8-14-16-10-6-5-9(15)7-11(10)20-14/h5-7H,3-4,8,15H2,1-2H3. The number of oxazole rings is 1. The van der Waals surface area contributed by atoms with Crippen molar-refractivity contribution in [2.24, 2.45) is 0 Å². The fourth-order valence-electron chi connectivity index (χ4n) is 2.15. The molecule has 6 heteroatoms. The van der Waals surface area contributed by atoms with E-state index in [0.717, 1.165) is 30.0 Å². The molecule has 2 heterocycles. The van der Waals surface area contributed by atoms with Crippen LogP contribution in [0.3, 0.4) is 0 Å². The van der Waals surface area contributed by atoms with Crippen molar-refractivity contribution in [1.82, 2.24) is 19.7 Å². The Kier molecular flexibility index (Phi) is 3.14. The molecule has 0 bridgehead atoms. The highest BCUT2D eigenvalue weighted by atomic mass is 16.3. The quantitative estimate of drug-likeness (QED) is 0.735. The molecule has 0 unspecified atom stereocenters. The van der Waals surface area contributed by atoms with Crippen molar-refractivity contribution in [1.29, 1.82) is 0 Å². The van der Waals surface area contributed by atoms with Crippen LogP contribution < -0.4 is 5.73 Å². The van der Waals surface area contributed by atoms with Gasteiger partial charge in [-0.15, -0.1) is 0 Å². The summed E-state index contributed by atoms with van der Waals surface area (Å²) in [6.07, 6.45) is 1.66. The lowest BCUT2D eigenvalue weighted by Gasteiger charge is -1.99. The SMILES string of the molecule is CCc1nc(CC)n(Cc2nc3ccc(N)cc3o2)n1. The minimum atomic E-state index is 0.491. The highest BCUT2D eigenvalue weighted by molar-refractivity contribution is 5.76. The van der Waals surface area contributed by atoms with Gasteiger partial charge in [0.05, 0.1) is 0 Å². The Morgan fingerprint density at radius 3 is 2.80 bits per heavy atom. The van der Waals surface area contributed by atoms with Gasteiger partial charge in [0.2, 0.25) is 5.89 Å². The van der Waals surface area contributed by atoms with Crippen LogP contribution in [0.2, 0.25) is 0 Å². The molecular weight excluding hydrogens is 254 g/mol. The lowest BCUT2D eigenvalue weighted by atomic mass is 10.3. The number of nitrogen functional groups attached to an aromatic ring is 1. The molecule has 3 rings (SSSR count). The first-order valence-electron chi connectivity index (χ1n) is 6.77. The fraction of sp³-hybridized carbons (Fsp3) is 0.357. The summed E-state index contributed by atoms with van der Waals surface area (Å²) in [4.78, 5) is 8.92. The molecule has 6 nitrogen and oxygen atoms in total. The van der Waals surface area contributed by atoms with Crippen LogP contribution in [0.5, 0.6) is 0 Å². The molecule has 0 radical (unpaired) electrons. The number of rotatable bonds is 4. The Morgan fingerprint density at radius 1 is 1.20 bits per heavy atom. The summed E-state index contributed by atoms with van der Waals surface area (Å²) in [7, 11) is 0. The molecule has 3 aromatic rings. The second kappa shape index (κ2) is 4.96. The summed E-state index contributed by atoms with van der Waals surface area (Å²) < 4.78 is 7.57. The van der Waals surface area contributed by atoms with Crippen molar-refractivity contribution >= 4 is 16.8 Å². The van der Waals surface area contributed by atoms with E-state index in [0.29, 0.717) is 23.7 Å². The Hall–Kier alpha value is -2.37. The fourth-order valence-corrected chi connectivity index (χ4v) is 2.15. The summed E-state index contributed by atoms with van der Waals surface area (Å²) >= 11 is 0. The average Bonchev–Trinajstić information content (AvgIpc) is 3.01. The van der Waals surface area contributed by atoms with Crippen molar-refractivity contribution in [2.75, 3.05) is 5.73 Å². The predicted molar refractivity (Wildman–Crippen MR) is 76.3 cm³/mol. The number of nitrogens with zero attached hydrogens (tertiary/aromatic N) is 4. The number of aryl methyl sites for hydroxylation is 2. The van der Waals surface area contributed by atoms with Crippen LogP contribution in [0.1, 0.15) is 31.4 Å². The van der Waals surface area contributed by atoms with Gasteiger partial charge in [-0.1, -0.05) is 13.8 Å². The van der Waals surface area contributed by atoms with Gasteiger partial charge in [-0.05, 0) is 12.1 Å². The summed E-state index contributed by atoms with van der Waals surface area (Å²) in [5, 5.41) is 4.46. The van der Waals surface area contributed by atoms with Crippen molar-refractivity contribution < 1.29 is 4.42 Å². The molecular formula is C14H17N5O. The van der Waals surface area contributed by atoms with Crippen LogP contribution in [0.15, 0.2) is 22.6 Å². The van der Waals surface area contributed by atoms with Gasteiger partial charge in [0.25, 0.3) is 0 Å². The molecule has 2 N–H and O–H groups in total. The van der Waals surface area contributed by atoms with Gasteiger partial charge in [0, 0.05) is 24.6 Å². The molecule has 2 aromatic heterocycles. The van der Waals surface area contributed by atoms with Gasteiger partial charge < -0.3 is 10.2 Å². The average molecular weight is 271 g/mol. The summed E-state index contributed by atoms with van der Waals surface area (Å²) in [5.41, 5.74) is 7.92. The number of aromatic nitrogens is 4. The minimum absolute atomic E-state index is 0.491. The molecule has 0 saturated heterocycles. The zero-order chi connectivity index (χ0) is 14.1. The van der Waals surface area contributed by atoms with E-state index in [1.54, 1.807) is 6.07 Å². The molecule has 20 heavy (non-hydrogen) atoms. The second-order valence-electron chi connectivity index (χ2n) is 4.64. The number of hydrogen-bond donors (Lipinski definition) is 1. The van der Waals surface area contributed by atoms with Gasteiger partial charge in [-0.25, -0.2) is 14.6 Å². The molecule has 0 fully saturated rings. The molecule has 0 atom stereocenters. The maximum absolute atomic E-state index is 5.74. The third kappa shape index (κ3) is 2.24. The monoisotopic (exact) mass is 271 g/mol. The van der Waals surface area contributed by atoms with E-state index in [9.17, 15) is 0 Å². The predicted octanol–water partition coefficient (Wildman–Crippen LogP) is 2.17. The van der Waals surface area contributed by atoms with E-state index >= 15 is 0 Å². The molecule has 0 amide bonds. The number of hydrogen-bond acceptors (Lipinski definition) is 5. The van der Waals surface area contributed by atoms with Gasteiger partial charge in [-0.2, -0.15) is 5.10 Å². The molecule has 1 aromatic carbocycles. The van der Waals surface area contributed by atoms with Crippen LogP contribution in [0.4, 0.5) is 5.69 Å². The van der Waals surface area contributed by atoms with Gasteiger partial charge >= 0.3 is 0 Å². The van der Waals surface area contributed by atoms with Crippen LogP contribution >= 0.6 is 0 Å². The van der Waals surface area contributed by atoms with Crippen LogP contribution in [0.25, 0.3) is 11.1 Å². The molecule has 0 aliphatic heterocycles. The maximum atomic E-state index is 5.74. The van der Waals surface area contributed by atoms with Crippen molar-refractivity contribution in [3.63, 3.8) is 0 Å². The summed E-state index contributed by atoms with van der Waals surface area (Å²) in [6.45, 7) is 4.60. The Labute approximate surface area is 116 Å². The van der Waals surface area contributed by atoms with Crippen LogP contribution in [0, 0.1) is 0 Å². The van der Waals surface area contributed by atoms with E-state index in [-0.39, 0.29) is 0 Å². The zero-order valence-electron chi connectivity index (χ0n) is 11.6. The van der Waals surface area contributed by atoms with E-state index < -0.39 is 0 Å². The topological polar surface area (TPSA) is 82.8 Å². The number of nitrogens with two attached hydrogens (primary N) is 1. The number of benzene rings is 1. The first-order chi connectivity index (χ1) is 9.69. The highest BCUT2D eigenvalue weighted by Crippen LogP contribution is 2.19. The molecule has 0 saturated carbocycles. The van der Waals surface area contributed by atoms with Crippen LogP contribution in [-0.4, -0.2) is 19.7 Å². The van der Waals surface area contributed by atoms with Crippen molar-refractivity contribution in [3.05, 3.63) is 35.7 Å². The maximum Gasteiger partial charge on any atom is 0.217 e. The number of fused-ring (bicyclic) bond motifs is 1. The molecule has 0 aliphatic rings. The first kappa shape index (κ1) is 12.7. The van der Waals surface area contributed by atoms with Crippen molar-refractivity contribution in [3.8, 4) is 0 Å². The zero-order valence-corrected chi connectivity index (χ0v) is 11.6. The third-order valence-electron chi connectivity index (χ3n) is 3.17. The Balaban J connectivity index is 1.94.